The van der Waals surface area contributed by atoms with Crippen LogP contribution in [0.4, 0.5) is 0 Å². The van der Waals surface area contributed by atoms with Crippen molar-refractivity contribution in [1.82, 2.24) is 4.90 Å². The second-order valence-corrected chi connectivity index (χ2v) is 7.74. The molecular weight excluding hydrogens is 390 g/mol. The quantitative estimate of drug-likeness (QED) is 0.458. The van der Waals surface area contributed by atoms with Crippen molar-refractivity contribution in [2.75, 3.05) is 6.54 Å². The molecule has 0 spiro atoms. The second-order valence-electron chi connectivity index (χ2n) is 6.07. The molecule has 1 saturated heterocycles. The Hall–Kier alpha value is -2.88. The molecule has 0 aliphatic carbocycles. The molecule has 1 aliphatic heterocycles. The van der Waals surface area contributed by atoms with Crippen LogP contribution >= 0.6 is 24.0 Å². The van der Waals surface area contributed by atoms with E-state index in [1.165, 1.54) is 16.7 Å². The zero-order valence-electron chi connectivity index (χ0n) is 14.9. The summed E-state index contributed by atoms with van der Waals surface area (Å²) in [5, 5.41) is 8.73. The molecule has 2 aromatic carbocycles. The van der Waals surface area contributed by atoms with Gasteiger partial charge in [-0.05, 0) is 42.3 Å². The Morgan fingerprint density at radius 1 is 1.07 bits per heavy atom. The highest BCUT2D eigenvalue weighted by molar-refractivity contribution is 8.26. The maximum absolute atomic E-state index is 12.5. The number of thiocarbonyl (C=S) groups is 1. The fourth-order valence-electron chi connectivity index (χ4n) is 2.56. The molecule has 3 rings (SSSR count). The predicted octanol–water partition coefficient (Wildman–Crippen LogP) is 4.15. The molecule has 0 saturated carbocycles. The van der Waals surface area contributed by atoms with Gasteiger partial charge in [-0.2, -0.15) is 0 Å². The lowest BCUT2D eigenvalue weighted by molar-refractivity contribution is -0.137. The molecule has 6 heteroatoms. The summed E-state index contributed by atoms with van der Waals surface area (Å²) in [4.78, 5) is 25.1. The Bertz CT molecular complexity index is 986. The first kappa shape index (κ1) is 19.9. The topological polar surface area (TPSA) is 57.6 Å². The average molecular weight is 408 g/mol. The normalized spacial score (nSPS) is 14.9. The van der Waals surface area contributed by atoms with E-state index in [4.69, 9.17) is 17.3 Å². The van der Waals surface area contributed by atoms with Gasteiger partial charge in [0.05, 0.1) is 4.91 Å². The van der Waals surface area contributed by atoms with E-state index in [1.54, 1.807) is 6.08 Å². The second kappa shape index (κ2) is 9.36. The fraction of sp³-hybridized carbons (Fsp3) is 0.136. The number of carboxylic acid groups (broad SMARTS) is 1. The van der Waals surface area contributed by atoms with Crippen molar-refractivity contribution in [2.45, 2.75) is 12.8 Å². The lowest BCUT2D eigenvalue weighted by Gasteiger charge is -2.13. The van der Waals surface area contributed by atoms with Crippen molar-refractivity contribution in [3.8, 4) is 11.8 Å². The van der Waals surface area contributed by atoms with E-state index in [-0.39, 0.29) is 12.3 Å². The standard InChI is InChI=1S/C22H17NO3S2/c24-20(25)7-4-14-23-21(26)19(28-22(23)27)15-18-12-10-17(11-13-18)9-8-16-5-2-1-3-6-16/h1-3,5-6,10-13,15H,4,7,14H2,(H,24,25). The van der Waals surface area contributed by atoms with E-state index in [1.807, 2.05) is 54.6 Å². The number of thioether (sulfide) groups is 1. The van der Waals surface area contributed by atoms with Gasteiger partial charge in [0.2, 0.25) is 0 Å². The van der Waals surface area contributed by atoms with E-state index >= 15 is 0 Å². The third-order valence-electron chi connectivity index (χ3n) is 3.98. The minimum Gasteiger partial charge on any atom is -0.481 e. The van der Waals surface area contributed by atoms with Crippen LogP contribution in [-0.4, -0.2) is 32.7 Å². The Labute approximate surface area is 173 Å². The number of benzene rings is 2. The Kier molecular flexibility index (Phi) is 6.64. The molecule has 28 heavy (non-hydrogen) atoms. The van der Waals surface area contributed by atoms with Gasteiger partial charge in [0, 0.05) is 24.1 Å². The third-order valence-corrected chi connectivity index (χ3v) is 5.36. The smallest absolute Gasteiger partial charge is 0.303 e. The van der Waals surface area contributed by atoms with Gasteiger partial charge in [0.1, 0.15) is 4.32 Å². The molecule has 1 amide bonds. The van der Waals surface area contributed by atoms with Gasteiger partial charge in [-0.25, -0.2) is 0 Å². The summed E-state index contributed by atoms with van der Waals surface area (Å²) in [6, 6.07) is 17.4. The van der Waals surface area contributed by atoms with Crippen LogP contribution in [0.15, 0.2) is 59.5 Å². The van der Waals surface area contributed by atoms with Crippen molar-refractivity contribution in [1.29, 1.82) is 0 Å². The first-order valence-corrected chi connectivity index (χ1v) is 9.90. The summed E-state index contributed by atoms with van der Waals surface area (Å²) in [6.45, 7) is 0.322. The molecule has 0 bridgehead atoms. The summed E-state index contributed by atoms with van der Waals surface area (Å²) in [5.41, 5.74) is 2.73. The lowest BCUT2D eigenvalue weighted by atomic mass is 10.1. The summed E-state index contributed by atoms with van der Waals surface area (Å²) in [5.74, 6) is 5.18. The Morgan fingerprint density at radius 3 is 2.36 bits per heavy atom. The zero-order chi connectivity index (χ0) is 19.9. The molecule has 1 aliphatic rings. The number of carboxylic acids is 1. The van der Waals surface area contributed by atoms with Gasteiger partial charge < -0.3 is 5.11 Å². The van der Waals surface area contributed by atoms with Crippen LogP contribution in [0.5, 0.6) is 0 Å². The molecular formula is C22H17NO3S2. The van der Waals surface area contributed by atoms with Crippen LogP contribution in [0.2, 0.25) is 0 Å². The number of hydrogen-bond donors (Lipinski definition) is 1. The monoisotopic (exact) mass is 407 g/mol. The maximum atomic E-state index is 12.5. The van der Waals surface area contributed by atoms with Gasteiger partial charge in [-0.3, -0.25) is 14.5 Å². The highest BCUT2D eigenvalue weighted by atomic mass is 32.2. The van der Waals surface area contributed by atoms with Gasteiger partial charge in [-0.15, -0.1) is 0 Å². The highest BCUT2D eigenvalue weighted by Crippen LogP contribution is 2.32. The summed E-state index contributed by atoms with van der Waals surface area (Å²) in [6.07, 6.45) is 2.19. The molecule has 1 N–H and O–H groups in total. The number of nitrogens with zero attached hydrogens (tertiary/aromatic N) is 1. The number of amides is 1. The minimum atomic E-state index is -0.878. The van der Waals surface area contributed by atoms with Gasteiger partial charge in [0.15, 0.2) is 0 Å². The van der Waals surface area contributed by atoms with E-state index in [0.29, 0.717) is 22.2 Å². The van der Waals surface area contributed by atoms with E-state index in [2.05, 4.69) is 11.8 Å². The van der Waals surface area contributed by atoms with Crippen LogP contribution in [0.1, 0.15) is 29.5 Å². The van der Waals surface area contributed by atoms with Crippen molar-refractivity contribution < 1.29 is 14.7 Å². The average Bonchev–Trinajstić information content (AvgIpc) is 2.95. The molecule has 0 radical (unpaired) electrons. The number of carbonyl (C=O) groups excluding carboxylic acids is 1. The van der Waals surface area contributed by atoms with Crippen LogP contribution in [0.3, 0.4) is 0 Å². The minimum absolute atomic E-state index is 0.0155. The first-order chi connectivity index (χ1) is 13.5. The van der Waals surface area contributed by atoms with Crippen molar-refractivity contribution in [2.24, 2.45) is 0 Å². The summed E-state index contributed by atoms with van der Waals surface area (Å²) in [7, 11) is 0. The van der Waals surface area contributed by atoms with Crippen LogP contribution in [0, 0.1) is 11.8 Å². The summed E-state index contributed by atoms with van der Waals surface area (Å²) < 4.78 is 0.465. The van der Waals surface area contributed by atoms with Crippen LogP contribution in [-0.2, 0) is 9.59 Å². The fourth-order valence-corrected chi connectivity index (χ4v) is 3.87. The van der Waals surface area contributed by atoms with Crippen molar-refractivity contribution in [3.05, 3.63) is 76.2 Å². The first-order valence-electron chi connectivity index (χ1n) is 8.67. The number of hydrogen-bond acceptors (Lipinski definition) is 4. The molecule has 140 valence electrons. The van der Waals surface area contributed by atoms with Crippen molar-refractivity contribution in [3.63, 3.8) is 0 Å². The molecule has 1 fully saturated rings. The molecule has 0 unspecified atom stereocenters. The van der Waals surface area contributed by atoms with E-state index < -0.39 is 5.97 Å². The van der Waals surface area contributed by atoms with Crippen molar-refractivity contribution >= 4 is 46.3 Å². The number of carbonyl (C=O) groups is 2. The highest BCUT2D eigenvalue weighted by Gasteiger charge is 2.31. The van der Waals surface area contributed by atoms with Crippen LogP contribution < -0.4 is 0 Å². The summed E-state index contributed by atoms with van der Waals surface area (Å²) >= 11 is 6.49. The zero-order valence-corrected chi connectivity index (χ0v) is 16.6. The number of aliphatic carboxylic acids is 1. The lowest BCUT2D eigenvalue weighted by Crippen LogP contribution is -2.29. The van der Waals surface area contributed by atoms with E-state index in [9.17, 15) is 9.59 Å². The molecule has 1 heterocycles. The maximum Gasteiger partial charge on any atom is 0.303 e. The molecule has 0 aromatic heterocycles. The number of rotatable bonds is 5. The molecule has 4 nitrogen and oxygen atoms in total. The molecule has 2 aromatic rings. The van der Waals surface area contributed by atoms with Crippen LogP contribution in [0.25, 0.3) is 6.08 Å². The SMILES string of the molecule is O=C(O)CCCN1C(=O)C(=Cc2ccc(C#Cc3ccccc3)cc2)SC1=S. The third kappa shape index (κ3) is 5.32. The Balaban J connectivity index is 1.67. The van der Waals surface area contributed by atoms with E-state index in [0.717, 1.165) is 16.7 Å². The largest absolute Gasteiger partial charge is 0.481 e. The van der Waals surface area contributed by atoms with Gasteiger partial charge >= 0.3 is 5.97 Å². The van der Waals surface area contributed by atoms with Gasteiger partial charge in [0.25, 0.3) is 5.91 Å². The Morgan fingerprint density at radius 2 is 1.71 bits per heavy atom. The van der Waals surface area contributed by atoms with Gasteiger partial charge in [-0.1, -0.05) is 66.2 Å². The predicted molar refractivity (Wildman–Crippen MR) is 116 cm³/mol. The molecule has 0 atom stereocenters.